The Morgan fingerprint density at radius 1 is 1.00 bits per heavy atom. The van der Waals surface area contributed by atoms with E-state index in [9.17, 15) is 13.5 Å². The second kappa shape index (κ2) is 12.5. The molecule has 0 heterocycles. The minimum Gasteiger partial charge on any atom is -0.497 e. The van der Waals surface area contributed by atoms with Crippen LogP contribution in [0.4, 0.5) is 0 Å². The smallest absolute Gasteiger partial charge is 0.220 e. The van der Waals surface area contributed by atoms with Gasteiger partial charge in [-0.15, -0.1) is 0 Å². The third-order valence-electron chi connectivity index (χ3n) is 5.19. The number of allylic oxidation sites excluding steroid dienone is 1. The molecule has 34 heavy (non-hydrogen) atoms. The molecular weight excluding hydrogens is 454 g/mol. The van der Waals surface area contributed by atoms with Crippen molar-refractivity contribution in [2.24, 2.45) is 9.98 Å². The lowest BCUT2D eigenvalue weighted by molar-refractivity contribution is 0.232. The molecule has 0 radical (unpaired) electrons. The number of aliphatic hydroxyl groups excluding tert-OH is 1. The molecule has 0 unspecified atom stereocenters. The number of hydrogen-bond acceptors (Lipinski definition) is 6. The molecule has 2 aromatic rings. The van der Waals surface area contributed by atoms with E-state index in [4.69, 9.17) is 9.47 Å². The number of amidine groups is 1. The zero-order valence-corrected chi connectivity index (χ0v) is 21.1. The fraction of sp³-hybridized carbons (Fsp3) is 0.360. The highest BCUT2D eigenvalue weighted by Crippen LogP contribution is 2.23. The van der Waals surface area contributed by atoms with E-state index in [0.717, 1.165) is 16.7 Å². The Bertz CT molecular complexity index is 1060. The lowest BCUT2D eigenvalue weighted by atomic mass is 10.2. The Labute approximate surface area is 202 Å². The van der Waals surface area contributed by atoms with Gasteiger partial charge in [-0.3, -0.25) is 0 Å². The number of nitrogens with zero attached hydrogens (tertiary/aromatic N) is 3. The molecule has 0 aromatic heterocycles. The summed E-state index contributed by atoms with van der Waals surface area (Å²) in [6.07, 6.45) is 0.0614. The summed E-state index contributed by atoms with van der Waals surface area (Å²) in [7, 11) is -0.850. The van der Waals surface area contributed by atoms with Crippen molar-refractivity contribution in [2.45, 2.75) is 45.2 Å². The summed E-state index contributed by atoms with van der Waals surface area (Å²) < 4.78 is 39.1. The molecule has 0 amide bonds. The molecule has 8 nitrogen and oxygen atoms in total. The highest BCUT2D eigenvalue weighted by molar-refractivity contribution is 7.89. The normalized spacial score (nSPS) is 13.8. The molecule has 2 atom stereocenters. The van der Waals surface area contributed by atoms with Crippen LogP contribution in [-0.4, -0.2) is 56.0 Å². The molecule has 0 saturated heterocycles. The van der Waals surface area contributed by atoms with E-state index in [-0.39, 0.29) is 18.9 Å². The second-order valence-corrected chi connectivity index (χ2v) is 10.3. The van der Waals surface area contributed by atoms with Gasteiger partial charge in [0.15, 0.2) is 5.84 Å². The maximum absolute atomic E-state index is 13.7. The van der Waals surface area contributed by atoms with Crippen molar-refractivity contribution < 1.29 is 23.0 Å². The van der Waals surface area contributed by atoms with Gasteiger partial charge < -0.3 is 14.6 Å². The van der Waals surface area contributed by atoms with Gasteiger partial charge in [0.25, 0.3) is 0 Å². The van der Waals surface area contributed by atoms with Crippen LogP contribution in [0.3, 0.4) is 0 Å². The minimum atomic E-state index is -3.99. The van der Waals surface area contributed by atoms with Crippen LogP contribution < -0.4 is 9.47 Å². The molecular formula is C25H33N3O5S. The van der Waals surface area contributed by atoms with Crippen LogP contribution in [0, 0.1) is 0 Å². The molecule has 2 aromatic carbocycles. The van der Waals surface area contributed by atoms with Gasteiger partial charge in [0, 0.05) is 19.3 Å². The number of benzene rings is 2. The Hall–Kier alpha value is -3.01. The first-order valence-electron chi connectivity index (χ1n) is 10.7. The third kappa shape index (κ3) is 7.24. The van der Waals surface area contributed by atoms with Gasteiger partial charge in [-0.2, -0.15) is 4.31 Å². The fourth-order valence-electron chi connectivity index (χ4n) is 3.12. The summed E-state index contributed by atoms with van der Waals surface area (Å²) >= 11 is 0. The molecule has 184 valence electrons. The first-order valence-corrected chi connectivity index (χ1v) is 12.2. The van der Waals surface area contributed by atoms with Gasteiger partial charge in [0.2, 0.25) is 10.0 Å². The predicted molar refractivity (Wildman–Crippen MR) is 136 cm³/mol. The monoisotopic (exact) mass is 487 g/mol. The average molecular weight is 488 g/mol. The first-order chi connectivity index (χ1) is 16.1. The maximum atomic E-state index is 13.7. The molecule has 0 bridgehead atoms. The largest absolute Gasteiger partial charge is 0.497 e. The summed E-state index contributed by atoms with van der Waals surface area (Å²) in [5.41, 5.74) is 2.43. The molecule has 0 fully saturated rings. The number of aliphatic imine (C=N–C) groups is 2. The third-order valence-corrected chi connectivity index (χ3v) is 7.37. The number of ether oxygens (including phenoxy) is 2. The van der Waals surface area contributed by atoms with E-state index in [1.807, 2.05) is 38.1 Å². The van der Waals surface area contributed by atoms with Gasteiger partial charge in [0.1, 0.15) is 22.9 Å². The molecule has 0 spiro atoms. The lowest BCUT2D eigenvalue weighted by Crippen LogP contribution is -2.45. The van der Waals surface area contributed by atoms with Crippen molar-refractivity contribution in [3.8, 4) is 11.5 Å². The van der Waals surface area contributed by atoms with Crippen LogP contribution in [-0.2, 0) is 23.1 Å². The van der Waals surface area contributed by atoms with Gasteiger partial charge in [0.05, 0.1) is 14.2 Å². The summed E-state index contributed by atoms with van der Waals surface area (Å²) in [4.78, 5) is 7.86. The quantitative estimate of drug-likeness (QED) is 0.384. The van der Waals surface area contributed by atoms with Gasteiger partial charge in [-0.1, -0.05) is 29.8 Å². The van der Waals surface area contributed by atoms with Crippen molar-refractivity contribution in [1.82, 2.24) is 4.31 Å². The van der Waals surface area contributed by atoms with E-state index in [0.29, 0.717) is 11.5 Å². The SMILES string of the molecule is C=NC(=NC=C(C)C)[C@@H](O)[C@H](C)S(=O)(=O)N(Cc1ccc(OC)cc1)Cc1ccc(OC)cc1. The van der Waals surface area contributed by atoms with E-state index in [1.165, 1.54) is 17.4 Å². The maximum Gasteiger partial charge on any atom is 0.220 e. The Morgan fingerprint density at radius 3 is 1.79 bits per heavy atom. The molecule has 2 rings (SSSR count). The molecule has 9 heteroatoms. The Balaban J connectivity index is 2.41. The average Bonchev–Trinajstić information content (AvgIpc) is 2.84. The summed E-state index contributed by atoms with van der Waals surface area (Å²) in [5, 5.41) is 9.60. The number of rotatable bonds is 11. The van der Waals surface area contributed by atoms with Crippen molar-refractivity contribution in [3.63, 3.8) is 0 Å². The van der Waals surface area contributed by atoms with E-state index < -0.39 is 21.4 Å². The van der Waals surface area contributed by atoms with Crippen molar-refractivity contribution in [2.75, 3.05) is 14.2 Å². The highest BCUT2D eigenvalue weighted by atomic mass is 32.2. The number of sulfonamides is 1. The molecule has 1 N–H and O–H groups in total. The van der Waals surface area contributed by atoms with Crippen LogP contribution in [0.5, 0.6) is 11.5 Å². The highest BCUT2D eigenvalue weighted by Gasteiger charge is 2.36. The van der Waals surface area contributed by atoms with Crippen LogP contribution >= 0.6 is 0 Å². The van der Waals surface area contributed by atoms with Crippen molar-refractivity contribution >= 4 is 22.6 Å². The zero-order chi connectivity index (χ0) is 25.3. The molecule has 0 aliphatic rings. The molecule has 0 aliphatic carbocycles. The number of aliphatic hydroxyl groups is 1. The van der Waals surface area contributed by atoms with Crippen LogP contribution in [0.15, 0.2) is 70.3 Å². The lowest BCUT2D eigenvalue weighted by Gasteiger charge is -2.28. The summed E-state index contributed by atoms with van der Waals surface area (Å²) in [6, 6.07) is 14.3. The first kappa shape index (κ1) is 27.2. The van der Waals surface area contributed by atoms with Crippen LogP contribution in [0.1, 0.15) is 31.9 Å². The zero-order valence-electron chi connectivity index (χ0n) is 20.3. The number of methoxy groups -OCH3 is 2. The molecule has 0 saturated carbocycles. The van der Waals surface area contributed by atoms with Crippen molar-refractivity contribution in [3.05, 3.63) is 71.4 Å². The Kier molecular flexibility index (Phi) is 9.97. The van der Waals surface area contributed by atoms with E-state index in [2.05, 4.69) is 16.7 Å². The minimum absolute atomic E-state index is 0.0499. The summed E-state index contributed by atoms with van der Waals surface area (Å²) in [6.45, 7) is 8.77. The second-order valence-electron chi connectivity index (χ2n) is 8.01. The standard InChI is InChI=1S/C25H33N3O5S/c1-18(2)15-27-25(26-4)24(29)19(3)34(30,31)28(16-20-7-11-22(32-5)12-8-20)17-21-9-13-23(33-6)14-10-21/h7-15,19,24,29H,4,16-17H2,1-3,5-6H3/t19-,24-/m0/s1. The van der Waals surface area contributed by atoms with E-state index >= 15 is 0 Å². The number of hydrogen-bond donors (Lipinski definition) is 1. The van der Waals surface area contributed by atoms with Crippen LogP contribution in [0.2, 0.25) is 0 Å². The predicted octanol–water partition coefficient (Wildman–Crippen LogP) is 3.81. The van der Waals surface area contributed by atoms with Gasteiger partial charge in [-0.05, 0) is 62.9 Å². The Morgan fingerprint density at radius 2 is 1.44 bits per heavy atom. The summed E-state index contributed by atoms with van der Waals surface area (Å²) in [5.74, 6) is 1.30. The fourth-order valence-corrected chi connectivity index (χ4v) is 4.69. The van der Waals surface area contributed by atoms with Crippen LogP contribution in [0.25, 0.3) is 0 Å². The van der Waals surface area contributed by atoms with E-state index in [1.54, 1.807) is 38.5 Å². The van der Waals surface area contributed by atoms with Gasteiger partial charge in [-0.25, -0.2) is 18.4 Å². The topological polar surface area (TPSA) is 101 Å². The van der Waals surface area contributed by atoms with Crippen molar-refractivity contribution in [1.29, 1.82) is 0 Å². The van der Waals surface area contributed by atoms with Gasteiger partial charge >= 0.3 is 0 Å². The molecule has 0 aliphatic heterocycles.